The van der Waals surface area contributed by atoms with Gasteiger partial charge >= 0.3 is 0 Å². The van der Waals surface area contributed by atoms with Crippen molar-refractivity contribution in [1.82, 2.24) is 9.78 Å². The zero-order valence-electron chi connectivity index (χ0n) is 9.84. The third-order valence-electron chi connectivity index (χ3n) is 3.51. The Morgan fingerprint density at radius 3 is 2.47 bits per heavy atom. The van der Waals surface area contributed by atoms with E-state index in [1.54, 1.807) is 0 Å². The number of nitrogen functional groups attached to an aromatic ring is 1. The molecule has 0 bridgehead atoms. The van der Waals surface area contributed by atoms with Gasteiger partial charge in [0.1, 0.15) is 0 Å². The number of nitrogens with two attached hydrogens (primary N) is 1. The van der Waals surface area contributed by atoms with Gasteiger partial charge in [0.2, 0.25) is 0 Å². The minimum atomic E-state index is 0.609. The first kappa shape index (κ1) is 10.4. The van der Waals surface area contributed by atoms with E-state index in [4.69, 9.17) is 5.73 Å². The smallest absolute Gasteiger partial charge is 0.0923 e. The molecule has 88 valence electrons. The number of rotatable bonds is 2. The van der Waals surface area contributed by atoms with Gasteiger partial charge in [-0.15, -0.1) is 0 Å². The summed E-state index contributed by atoms with van der Waals surface area (Å²) in [6.45, 7) is 0. The van der Waals surface area contributed by atoms with Gasteiger partial charge in [0.25, 0.3) is 0 Å². The molecule has 0 amide bonds. The molecule has 1 saturated carbocycles. The highest BCUT2D eigenvalue weighted by Crippen LogP contribution is 2.30. The predicted octanol–water partition coefficient (Wildman–Crippen LogP) is 3.25. The van der Waals surface area contributed by atoms with Crippen molar-refractivity contribution in [1.29, 1.82) is 0 Å². The summed E-state index contributed by atoms with van der Waals surface area (Å²) in [5.74, 6) is 0. The van der Waals surface area contributed by atoms with Gasteiger partial charge in [-0.1, -0.05) is 25.0 Å². The second kappa shape index (κ2) is 4.24. The number of hydrogen-bond acceptors (Lipinski definition) is 2. The van der Waals surface area contributed by atoms with Crippen molar-refractivity contribution in [3.8, 4) is 11.3 Å². The van der Waals surface area contributed by atoms with Crippen molar-refractivity contribution in [3.05, 3.63) is 36.5 Å². The van der Waals surface area contributed by atoms with Gasteiger partial charge in [0.15, 0.2) is 0 Å². The molecular formula is C14H17N3. The lowest BCUT2D eigenvalue weighted by Gasteiger charge is -2.08. The molecule has 0 atom stereocenters. The number of hydrogen-bond donors (Lipinski definition) is 1. The van der Waals surface area contributed by atoms with Gasteiger partial charge in [0.05, 0.1) is 11.7 Å². The quantitative estimate of drug-likeness (QED) is 0.800. The Balaban J connectivity index is 1.86. The maximum atomic E-state index is 5.68. The maximum Gasteiger partial charge on any atom is 0.0923 e. The van der Waals surface area contributed by atoms with E-state index in [0.29, 0.717) is 6.04 Å². The Hall–Kier alpha value is -1.77. The van der Waals surface area contributed by atoms with E-state index >= 15 is 0 Å². The van der Waals surface area contributed by atoms with Crippen LogP contribution in [0, 0.1) is 0 Å². The number of benzene rings is 1. The molecule has 1 aliphatic carbocycles. The van der Waals surface area contributed by atoms with E-state index in [2.05, 4.69) is 22.0 Å². The third-order valence-corrected chi connectivity index (χ3v) is 3.51. The summed E-state index contributed by atoms with van der Waals surface area (Å²) in [5, 5.41) is 4.67. The van der Waals surface area contributed by atoms with E-state index in [1.807, 2.05) is 24.3 Å². The van der Waals surface area contributed by atoms with Gasteiger partial charge in [-0.25, -0.2) is 0 Å². The molecule has 2 N–H and O–H groups in total. The lowest BCUT2D eigenvalue weighted by atomic mass is 10.1. The molecule has 1 aromatic carbocycles. The largest absolute Gasteiger partial charge is 0.399 e. The normalized spacial score (nSPS) is 16.5. The minimum Gasteiger partial charge on any atom is -0.399 e. The van der Waals surface area contributed by atoms with Gasteiger partial charge in [-0.2, -0.15) is 5.10 Å². The van der Waals surface area contributed by atoms with Crippen LogP contribution in [0.3, 0.4) is 0 Å². The zero-order chi connectivity index (χ0) is 11.7. The molecule has 3 heteroatoms. The highest BCUT2D eigenvalue weighted by Gasteiger charge is 2.17. The van der Waals surface area contributed by atoms with Crippen molar-refractivity contribution in [2.45, 2.75) is 31.7 Å². The summed E-state index contributed by atoms with van der Waals surface area (Å²) in [5.41, 5.74) is 8.65. The first-order valence-corrected chi connectivity index (χ1v) is 6.24. The number of aromatic nitrogens is 2. The molecule has 3 rings (SSSR count). The summed E-state index contributed by atoms with van der Waals surface area (Å²) >= 11 is 0. The fraction of sp³-hybridized carbons (Fsp3) is 0.357. The molecule has 0 saturated heterocycles. The Labute approximate surface area is 101 Å². The van der Waals surface area contributed by atoms with Crippen molar-refractivity contribution in [2.75, 3.05) is 5.73 Å². The van der Waals surface area contributed by atoms with Crippen LogP contribution in [0.15, 0.2) is 36.5 Å². The van der Waals surface area contributed by atoms with Crippen molar-refractivity contribution < 1.29 is 0 Å². The van der Waals surface area contributed by atoms with Crippen LogP contribution in [0.1, 0.15) is 31.7 Å². The molecule has 0 aliphatic heterocycles. The van der Waals surface area contributed by atoms with E-state index < -0.39 is 0 Å². The van der Waals surface area contributed by atoms with E-state index in [9.17, 15) is 0 Å². The first-order chi connectivity index (χ1) is 8.33. The molecular weight excluding hydrogens is 210 g/mol. The summed E-state index contributed by atoms with van der Waals surface area (Å²) in [4.78, 5) is 0. The van der Waals surface area contributed by atoms with E-state index in [-0.39, 0.29) is 0 Å². The van der Waals surface area contributed by atoms with Crippen LogP contribution in [0.2, 0.25) is 0 Å². The Kier molecular flexibility index (Phi) is 2.59. The molecule has 3 nitrogen and oxygen atoms in total. The highest BCUT2D eigenvalue weighted by molar-refractivity contribution is 5.61. The highest BCUT2D eigenvalue weighted by atomic mass is 15.3. The van der Waals surface area contributed by atoms with Crippen LogP contribution >= 0.6 is 0 Å². The van der Waals surface area contributed by atoms with Crippen molar-refractivity contribution in [3.63, 3.8) is 0 Å². The first-order valence-electron chi connectivity index (χ1n) is 6.24. The average molecular weight is 227 g/mol. The van der Waals surface area contributed by atoms with E-state index in [1.165, 1.54) is 25.7 Å². The standard InChI is InChI=1S/C14H17N3/c15-12-7-5-11(6-8-12)14-9-10-17(16-14)13-3-1-2-4-13/h5-10,13H,1-4,15H2. The Morgan fingerprint density at radius 1 is 1.06 bits per heavy atom. The van der Waals surface area contributed by atoms with Crippen LogP contribution in [0.25, 0.3) is 11.3 Å². The molecule has 0 unspecified atom stereocenters. The number of anilines is 1. The molecule has 2 aromatic rings. The second-order valence-corrected chi connectivity index (χ2v) is 4.74. The predicted molar refractivity (Wildman–Crippen MR) is 69.6 cm³/mol. The van der Waals surface area contributed by atoms with Crippen LogP contribution in [0.5, 0.6) is 0 Å². The van der Waals surface area contributed by atoms with Crippen LogP contribution < -0.4 is 5.73 Å². The van der Waals surface area contributed by atoms with Crippen LogP contribution in [-0.2, 0) is 0 Å². The molecule has 17 heavy (non-hydrogen) atoms. The van der Waals surface area contributed by atoms with Gasteiger partial charge in [-0.3, -0.25) is 4.68 Å². The van der Waals surface area contributed by atoms with Gasteiger partial charge < -0.3 is 5.73 Å². The van der Waals surface area contributed by atoms with Gasteiger partial charge in [-0.05, 0) is 31.0 Å². The van der Waals surface area contributed by atoms with Crippen molar-refractivity contribution in [2.24, 2.45) is 0 Å². The number of nitrogens with zero attached hydrogens (tertiary/aromatic N) is 2. The van der Waals surface area contributed by atoms with Crippen LogP contribution in [-0.4, -0.2) is 9.78 Å². The topological polar surface area (TPSA) is 43.8 Å². The van der Waals surface area contributed by atoms with Gasteiger partial charge in [0, 0.05) is 17.4 Å². The van der Waals surface area contributed by atoms with E-state index in [0.717, 1.165) is 16.9 Å². The lowest BCUT2D eigenvalue weighted by molar-refractivity contribution is 0.468. The zero-order valence-corrected chi connectivity index (χ0v) is 9.84. The SMILES string of the molecule is Nc1ccc(-c2ccn(C3CCCC3)n2)cc1. The average Bonchev–Trinajstić information content (AvgIpc) is 3.00. The molecule has 1 heterocycles. The van der Waals surface area contributed by atoms with Crippen molar-refractivity contribution >= 4 is 5.69 Å². The van der Waals surface area contributed by atoms with Crippen LogP contribution in [0.4, 0.5) is 5.69 Å². The molecule has 0 spiro atoms. The third kappa shape index (κ3) is 2.05. The summed E-state index contributed by atoms with van der Waals surface area (Å²) in [6, 6.07) is 10.6. The fourth-order valence-corrected chi connectivity index (χ4v) is 2.52. The summed E-state index contributed by atoms with van der Waals surface area (Å²) in [7, 11) is 0. The maximum absolute atomic E-state index is 5.68. The molecule has 1 aromatic heterocycles. The lowest BCUT2D eigenvalue weighted by Crippen LogP contribution is -2.04. The minimum absolute atomic E-state index is 0.609. The summed E-state index contributed by atoms with van der Waals surface area (Å²) < 4.78 is 2.12. The molecule has 0 radical (unpaired) electrons. The molecule has 1 fully saturated rings. The summed E-state index contributed by atoms with van der Waals surface area (Å²) in [6.07, 6.45) is 7.30. The second-order valence-electron chi connectivity index (χ2n) is 4.74. The Morgan fingerprint density at radius 2 is 1.76 bits per heavy atom. The molecule has 1 aliphatic rings. The fourth-order valence-electron chi connectivity index (χ4n) is 2.52. The Bertz CT molecular complexity index is 492. The monoisotopic (exact) mass is 227 g/mol.